The van der Waals surface area contributed by atoms with E-state index in [1.54, 1.807) is 19.1 Å². The van der Waals surface area contributed by atoms with Crippen LogP contribution in [0.1, 0.15) is 11.4 Å². The first-order chi connectivity index (χ1) is 8.49. The minimum atomic E-state index is -0.343. The van der Waals surface area contributed by atoms with Crippen LogP contribution in [0.5, 0.6) is 0 Å². The van der Waals surface area contributed by atoms with Gasteiger partial charge in [0, 0.05) is 16.2 Å². The Morgan fingerprint density at radius 2 is 2.11 bits per heavy atom. The Hall–Kier alpha value is -1.01. The fourth-order valence-corrected chi connectivity index (χ4v) is 2.30. The molecule has 0 radical (unpaired) electrons. The highest BCUT2D eigenvalue weighted by Gasteiger charge is 2.09. The molecule has 0 saturated carbocycles. The predicted molar refractivity (Wildman–Crippen MR) is 74.1 cm³/mol. The maximum absolute atomic E-state index is 13.7. The van der Waals surface area contributed by atoms with Crippen LogP contribution in [0.4, 0.5) is 4.39 Å². The van der Waals surface area contributed by atoms with Gasteiger partial charge in [-0.15, -0.1) is 0 Å². The van der Waals surface area contributed by atoms with Gasteiger partial charge in [-0.25, -0.2) is 9.37 Å². The smallest absolute Gasteiger partial charge is 0.268 e. The molecule has 0 spiro atoms. The molecule has 0 aliphatic heterocycles. The van der Waals surface area contributed by atoms with Crippen molar-refractivity contribution in [1.82, 2.24) is 9.55 Å². The molecule has 1 aromatic heterocycles. The first-order valence-electron chi connectivity index (χ1n) is 5.15. The van der Waals surface area contributed by atoms with Crippen molar-refractivity contribution >= 4 is 31.9 Å². The molecule has 2 aromatic rings. The van der Waals surface area contributed by atoms with Gasteiger partial charge in [-0.3, -0.25) is 9.36 Å². The second-order valence-corrected chi connectivity index (χ2v) is 5.55. The van der Waals surface area contributed by atoms with E-state index in [2.05, 4.69) is 36.8 Å². The lowest BCUT2D eigenvalue weighted by Crippen LogP contribution is -2.24. The summed E-state index contributed by atoms with van der Waals surface area (Å²) in [6.07, 6.45) is 1.45. The van der Waals surface area contributed by atoms with Crippen molar-refractivity contribution in [2.24, 2.45) is 0 Å². The first-order valence-corrected chi connectivity index (χ1v) is 6.73. The maximum Gasteiger partial charge on any atom is 0.268 e. The molecule has 0 saturated heterocycles. The summed E-state index contributed by atoms with van der Waals surface area (Å²) in [4.78, 5) is 16.0. The minimum absolute atomic E-state index is 0.155. The number of nitrogens with zero attached hydrogens (tertiary/aromatic N) is 2. The van der Waals surface area contributed by atoms with Crippen molar-refractivity contribution in [1.29, 1.82) is 0 Å². The molecule has 0 amide bonds. The molecule has 0 bridgehead atoms. The monoisotopic (exact) mass is 374 g/mol. The summed E-state index contributed by atoms with van der Waals surface area (Å²) < 4.78 is 16.2. The molecular formula is C12H9Br2FN2O. The van der Waals surface area contributed by atoms with E-state index in [1.165, 1.54) is 16.8 Å². The molecule has 6 heteroatoms. The van der Waals surface area contributed by atoms with Gasteiger partial charge in [-0.05, 0) is 41.1 Å². The quantitative estimate of drug-likeness (QED) is 0.807. The molecule has 3 nitrogen and oxygen atoms in total. The lowest BCUT2D eigenvalue weighted by molar-refractivity contribution is 0.588. The Kier molecular flexibility index (Phi) is 3.97. The van der Waals surface area contributed by atoms with E-state index in [9.17, 15) is 9.18 Å². The van der Waals surface area contributed by atoms with Gasteiger partial charge in [0.25, 0.3) is 5.56 Å². The zero-order valence-electron chi connectivity index (χ0n) is 9.45. The third kappa shape index (κ3) is 2.70. The fraction of sp³-hybridized carbons (Fsp3) is 0.167. The van der Waals surface area contributed by atoms with E-state index in [0.717, 1.165) is 4.47 Å². The number of aryl methyl sites for hydroxylation is 1. The van der Waals surface area contributed by atoms with E-state index in [4.69, 9.17) is 0 Å². The van der Waals surface area contributed by atoms with Crippen LogP contribution >= 0.6 is 31.9 Å². The van der Waals surface area contributed by atoms with Crippen LogP contribution in [0.25, 0.3) is 0 Å². The summed E-state index contributed by atoms with van der Waals surface area (Å²) in [5.74, 6) is 0.201. The summed E-state index contributed by atoms with van der Waals surface area (Å²) in [6, 6.07) is 4.64. The molecule has 0 fully saturated rings. The van der Waals surface area contributed by atoms with Crippen LogP contribution in [0.2, 0.25) is 0 Å². The summed E-state index contributed by atoms with van der Waals surface area (Å²) in [5.41, 5.74) is 0.219. The highest BCUT2D eigenvalue weighted by molar-refractivity contribution is 9.10. The van der Waals surface area contributed by atoms with Crippen molar-refractivity contribution in [3.8, 4) is 0 Å². The summed E-state index contributed by atoms with van der Waals surface area (Å²) in [7, 11) is 0. The average Bonchev–Trinajstić information content (AvgIpc) is 2.34. The Labute approximate surface area is 120 Å². The second kappa shape index (κ2) is 5.32. The Morgan fingerprint density at radius 1 is 1.39 bits per heavy atom. The first kappa shape index (κ1) is 13.4. The number of hydrogen-bond acceptors (Lipinski definition) is 2. The molecule has 18 heavy (non-hydrogen) atoms. The number of halogens is 3. The molecule has 0 unspecified atom stereocenters. The third-order valence-corrected chi connectivity index (χ3v) is 3.58. The van der Waals surface area contributed by atoms with Crippen LogP contribution in [-0.4, -0.2) is 9.55 Å². The largest absolute Gasteiger partial charge is 0.291 e. The van der Waals surface area contributed by atoms with Gasteiger partial charge in [-0.1, -0.05) is 15.9 Å². The topological polar surface area (TPSA) is 34.9 Å². The van der Waals surface area contributed by atoms with Crippen LogP contribution in [0, 0.1) is 12.7 Å². The SMILES string of the molecule is Cc1ncc(Br)c(=O)n1Cc1cc(Br)ccc1F. The van der Waals surface area contributed by atoms with Gasteiger partial charge >= 0.3 is 0 Å². The second-order valence-electron chi connectivity index (χ2n) is 3.78. The predicted octanol–water partition coefficient (Wildman–Crippen LogP) is 3.26. The molecular weight excluding hydrogens is 367 g/mol. The van der Waals surface area contributed by atoms with Crippen LogP contribution in [0.15, 0.2) is 38.1 Å². The summed E-state index contributed by atoms with van der Waals surface area (Å²) in [6.45, 7) is 1.87. The van der Waals surface area contributed by atoms with Crippen molar-refractivity contribution in [2.45, 2.75) is 13.5 Å². The van der Waals surface area contributed by atoms with Crippen molar-refractivity contribution in [3.63, 3.8) is 0 Å². The molecule has 0 aliphatic rings. The van der Waals surface area contributed by atoms with Crippen molar-refractivity contribution in [2.75, 3.05) is 0 Å². The zero-order valence-corrected chi connectivity index (χ0v) is 12.6. The summed E-state index contributed by atoms with van der Waals surface area (Å²) in [5, 5.41) is 0. The van der Waals surface area contributed by atoms with Gasteiger partial charge in [-0.2, -0.15) is 0 Å². The van der Waals surface area contributed by atoms with Gasteiger partial charge < -0.3 is 0 Å². The van der Waals surface area contributed by atoms with E-state index >= 15 is 0 Å². The molecule has 1 heterocycles. The van der Waals surface area contributed by atoms with Crippen LogP contribution in [0.3, 0.4) is 0 Å². The van der Waals surface area contributed by atoms with Crippen LogP contribution in [-0.2, 0) is 6.54 Å². The molecule has 94 valence electrons. The lowest BCUT2D eigenvalue weighted by Gasteiger charge is -2.10. The average molecular weight is 376 g/mol. The number of aromatic nitrogens is 2. The Bertz CT molecular complexity index is 655. The number of benzene rings is 1. The van der Waals surface area contributed by atoms with Gasteiger partial charge in [0.2, 0.25) is 0 Å². The summed E-state index contributed by atoms with van der Waals surface area (Å²) >= 11 is 6.41. The van der Waals surface area contributed by atoms with Crippen molar-refractivity contribution in [3.05, 3.63) is 60.9 Å². The molecule has 0 N–H and O–H groups in total. The highest BCUT2D eigenvalue weighted by atomic mass is 79.9. The fourth-order valence-electron chi connectivity index (χ4n) is 1.57. The van der Waals surface area contributed by atoms with E-state index in [0.29, 0.717) is 15.9 Å². The van der Waals surface area contributed by atoms with Gasteiger partial charge in [0.1, 0.15) is 16.1 Å². The maximum atomic E-state index is 13.7. The van der Waals surface area contributed by atoms with E-state index in [-0.39, 0.29) is 17.9 Å². The molecule has 0 atom stereocenters. The van der Waals surface area contributed by atoms with E-state index in [1.807, 2.05) is 0 Å². The number of hydrogen-bond donors (Lipinski definition) is 0. The highest BCUT2D eigenvalue weighted by Crippen LogP contribution is 2.16. The molecule has 0 aliphatic carbocycles. The Morgan fingerprint density at radius 3 is 2.83 bits per heavy atom. The van der Waals surface area contributed by atoms with E-state index < -0.39 is 0 Å². The van der Waals surface area contributed by atoms with Gasteiger partial charge in [0.05, 0.1) is 6.54 Å². The molecule has 1 aromatic carbocycles. The standard InChI is InChI=1S/C12H9Br2FN2O/c1-7-16-5-10(14)12(18)17(7)6-8-4-9(13)2-3-11(8)15/h2-5H,6H2,1H3. The Balaban J connectivity index is 2.49. The normalized spacial score (nSPS) is 10.7. The van der Waals surface area contributed by atoms with Gasteiger partial charge in [0.15, 0.2) is 0 Å². The number of rotatable bonds is 2. The minimum Gasteiger partial charge on any atom is -0.291 e. The van der Waals surface area contributed by atoms with Crippen molar-refractivity contribution < 1.29 is 4.39 Å². The lowest BCUT2D eigenvalue weighted by atomic mass is 10.2. The van der Waals surface area contributed by atoms with Crippen LogP contribution < -0.4 is 5.56 Å². The zero-order chi connectivity index (χ0) is 13.3. The molecule has 2 rings (SSSR count). The third-order valence-electron chi connectivity index (χ3n) is 2.54.